The molecule has 0 heterocycles. The number of hydrogen-bond donors (Lipinski definition) is 1. The van der Waals surface area contributed by atoms with Crippen molar-refractivity contribution in [2.45, 2.75) is 13.0 Å². The molecule has 0 aliphatic carbocycles. The average molecular weight is 301 g/mol. The van der Waals surface area contributed by atoms with E-state index >= 15 is 0 Å². The lowest BCUT2D eigenvalue weighted by Crippen LogP contribution is -2.17. The SMILES string of the molecule is COc1ccc(CCNCc2ccccc2OC)c(OC)c1. The molecule has 0 saturated carbocycles. The molecule has 0 saturated heterocycles. The first-order valence-electron chi connectivity index (χ1n) is 7.32. The lowest BCUT2D eigenvalue weighted by Gasteiger charge is -2.12. The summed E-state index contributed by atoms with van der Waals surface area (Å²) in [4.78, 5) is 0. The maximum Gasteiger partial charge on any atom is 0.125 e. The maximum absolute atomic E-state index is 5.41. The predicted octanol–water partition coefficient (Wildman–Crippen LogP) is 3.04. The van der Waals surface area contributed by atoms with Crippen LogP contribution in [0.1, 0.15) is 11.1 Å². The Hall–Kier alpha value is -2.20. The van der Waals surface area contributed by atoms with E-state index < -0.39 is 0 Å². The molecule has 1 N–H and O–H groups in total. The van der Waals surface area contributed by atoms with Gasteiger partial charge in [-0.05, 0) is 30.7 Å². The zero-order chi connectivity index (χ0) is 15.8. The van der Waals surface area contributed by atoms with Crippen LogP contribution in [0.2, 0.25) is 0 Å². The number of nitrogens with one attached hydrogen (secondary N) is 1. The lowest BCUT2D eigenvalue weighted by atomic mass is 10.1. The molecular formula is C18H23NO3. The van der Waals surface area contributed by atoms with Gasteiger partial charge in [-0.2, -0.15) is 0 Å². The van der Waals surface area contributed by atoms with E-state index in [1.165, 1.54) is 0 Å². The van der Waals surface area contributed by atoms with Crippen molar-refractivity contribution in [3.8, 4) is 17.2 Å². The molecule has 0 aliphatic heterocycles. The summed E-state index contributed by atoms with van der Waals surface area (Å²) in [6.07, 6.45) is 0.891. The van der Waals surface area contributed by atoms with Crippen LogP contribution in [0, 0.1) is 0 Å². The van der Waals surface area contributed by atoms with E-state index in [4.69, 9.17) is 14.2 Å². The fourth-order valence-electron chi connectivity index (χ4n) is 2.35. The molecule has 4 nitrogen and oxygen atoms in total. The van der Waals surface area contributed by atoms with Gasteiger partial charge in [-0.1, -0.05) is 24.3 Å². The van der Waals surface area contributed by atoms with Gasteiger partial charge in [0.05, 0.1) is 21.3 Å². The van der Waals surface area contributed by atoms with Gasteiger partial charge in [-0.15, -0.1) is 0 Å². The smallest absolute Gasteiger partial charge is 0.125 e. The summed E-state index contributed by atoms with van der Waals surface area (Å²) >= 11 is 0. The number of ether oxygens (including phenoxy) is 3. The molecule has 0 unspecified atom stereocenters. The van der Waals surface area contributed by atoms with E-state index in [2.05, 4.69) is 11.4 Å². The second-order valence-electron chi connectivity index (χ2n) is 4.92. The minimum absolute atomic E-state index is 0.780. The molecule has 0 aliphatic rings. The highest BCUT2D eigenvalue weighted by molar-refractivity contribution is 5.41. The van der Waals surface area contributed by atoms with Gasteiger partial charge in [0.1, 0.15) is 17.2 Å². The van der Waals surface area contributed by atoms with Crippen molar-refractivity contribution in [3.63, 3.8) is 0 Å². The molecule has 0 bridgehead atoms. The van der Waals surface area contributed by atoms with Crippen molar-refractivity contribution < 1.29 is 14.2 Å². The zero-order valence-corrected chi connectivity index (χ0v) is 13.4. The van der Waals surface area contributed by atoms with Gasteiger partial charge in [-0.25, -0.2) is 0 Å². The first-order valence-corrected chi connectivity index (χ1v) is 7.32. The standard InChI is InChI=1S/C18H23NO3/c1-20-16-9-8-14(18(12-16)22-3)10-11-19-13-15-6-4-5-7-17(15)21-2/h4-9,12,19H,10-11,13H2,1-3H3. The van der Waals surface area contributed by atoms with Crippen LogP contribution in [0.4, 0.5) is 0 Å². The number of para-hydroxylation sites is 1. The fourth-order valence-corrected chi connectivity index (χ4v) is 2.35. The third-order valence-corrected chi connectivity index (χ3v) is 3.57. The van der Waals surface area contributed by atoms with E-state index in [0.29, 0.717) is 0 Å². The summed E-state index contributed by atoms with van der Waals surface area (Å²) in [5.41, 5.74) is 2.32. The molecule has 118 valence electrons. The van der Waals surface area contributed by atoms with Gasteiger partial charge in [0.25, 0.3) is 0 Å². The van der Waals surface area contributed by atoms with E-state index in [9.17, 15) is 0 Å². The minimum atomic E-state index is 0.780. The maximum atomic E-state index is 5.41. The number of methoxy groups -OCH3 is 3. The minimum Gasteiger partial charge on any atom is -0.497 e. The van der Waals surface area contributed by atoms with Crippen molar-refractivity contribution in [1.82, 2.24) is 5.32 Å². The number of hydrogen-bond acceptors (Lipinski definition) is 4. The van der Waals surface area contributed by atoms with E-state index in [1.807, 2.05) is 36.4 Å². The van der Waals surface area contributed by atoms with Gasteiger partial charge in [0.15, 0.2) is 0 Å². The predicted molar refractivity (Wildman–Crippen MR) is 88.0 cm³/mol. The molecule has 0 fully saturated rings. The second kappa shape index (κ2) is 8.29. The normalized spacial score (nSPS) is 10.3. The molecule has 2 aromatic rings. The van der Waals surface area contributed by atoms with E-state index in [1.54, 1.807) is 21.3 Å². The first-order chi connectivity index (χ1) is 10.8. The second-order valence-corrected chi connectivity index (χ2v) is 4.92. The summed E-state index contributed by atoms with van der Waals surface area (Å²) < 4.78 is 16.0. The summed E-state index contributed by atoms with van der Waals surface area (Å²) in [7, 11) is 5.03. The average Bonchev–Trinajstić information content (AvgIpc) is 2.59. The molecule has 0 radical (unpaired) electrons. The van der Waals surface area contributed by atoms with Gasteiger partial charge >= 0.3 is 0 Å². The molecule has 0 atom stereocenters. The van der Waals surface area contributed by atoms with Gasteiger partial charge in [0.2, 0.25) is 0 Å². The Balaban J connectivity index is 1.89. The lowest BCUT2D eigenvalue weighted by molar-refractivity contribution is 0.390. The molecule has 22 heavy (non-hydrogen) atoms. The van der Waals surface area contributed by atoms with Crippen LogP contribution in [0.15, 0.2) is 42.5 Å². The van der Waals surface area contributed by atoms with Crippen LogP contribution in [-0.4, -0.2) is 27.9 Å². The van der Waals surface area contributed by atoms with Crippen LogP contribution in [-0.2, 0) is 13.0 Å². The first kappa shape index (κ1) is 16.2. The summed E-state index contributed by atoms with van der Waals surface area (Å²) in [6, 6.07) is 14.0. The Morgan fingerprint density at radius 1 is 0.818 bits per heavy atom. The van der Waals surface area contributed by atoms with Gasteiger partial charge in [-0.3, -0.25) is 0 Å². The number of rotatable bonds is 8. The van der Waals surface area contributed by atoms with Crippen molar-refractivity contribution >= 4 is 0 Å². The summed E-state index contributed by atoms with van der Waals surface area (Å²) in [6.45, 7) is 1.64. The Bertz CT molecular complexity index is 599. The van der Waals surface area contributed by atoms with Crippen LogP contribution in [0.3, 0.4) is 0 Å². The largest absolute Gasteiger partial charge is 0.497 e. The molecule has 2 aromatic carbocycles. The third kappa shape index (κ3) is 4.15. The van der Waals surface area contributed by atoms with Crippen LogP contribution in [0.25, 0.3) is 0 Å². The quantitative estimate of drug-likeness (QED) is 0.761. The number of benzene rings is 2. The topological polar surface area (TPSA) is 39.7 Å². The summed E-state index contributed by atoms with van der Waals surface area (Å²) in [5, 5.41) is 3.44. The van der Waals surface area contributed by atoms with Crippen molar-refractivity contribution in [2.24, 2.45) is 0 Å². The molecule has 4 heteroatoms. The molecule has 2 rings (SSSR count). The fraction of sp³-hybridized carbons (Fsp3) is 0.333. The van der Waals surface area contributed by atoms with Gasteiger partial charge in [0, 0.05) is 18.2 Å². The highest BCUT2D eigenvalue weighted by Crippen LogP contribution is 2.24. The molecule has 0 aromatic heterocycles. The van der Waals surface area contributed by atoms with Crippen LogP contribution in [0.5, 0.6) is 17.2 Å². The Kier molecular flexibility index (Phi) is 6.10. The molecule has 0 amide bonds. The highest BCUT2D eigenvalue weighted by atomic mass is 16.5. The van der Waals surface area contributed by atoms with Crippen molar-refractivity contribution in [3.05, 3.63) is 53.6 Å². The Labute approximate surface area is 132 Å². The van der Waals surface area contributed by atoms with Crippen molar-refractivity contribution in [1.29, 1.82) is 0 Å². The Morgan fingerprint density at radius 3 is 2.32 bits per heavy atom. The van der Waals surface area contributed by atoms with Crippen LogP contribution < -0.4 is 19.5 Å². The van der Waals surface area contributed by atoms with Crippen LogP contribution >= 0.6 is 0 Å². The highest BCUT2D eigenvalue weighted by Gasteiger charge is 2.05. The zero-order valence-electron chi connectivity index (χ0n) is 13.4. The molecular weight excluding hydrogens is 278 g/mol. The molecule has 0 spiro atoms. The third-order valence-electron chi connectivity index (χ3n) is 3.57. The summed E-state index contributed by atoms with van der Waals surface area (Å²) in [5.74, 6) is 2.58. The monoisotopic (exact) mass is 301 g/mol. The van der Waals surface area contributed by atoms with Gasteiger partial charge < -0.3 is 19.5 Å². The Morgan fingerprint density at radius 2 is 1.59 bits per heavy atom. The van der Waals surface area contributed by atoms with E-state index in [0.717, 1.165) is 47.9 Å². The van der Waals surface area contributed by atoms with Crippen molar-refractivity contribution in [2.75, 3.05) is 27.9 Å². The van der Waals surface area contributed by atoms with E-state index in [-0.39, 0.29) is 0 Å².